The first-order valence-electron chi connectivity index (χ1n) is 6.66. The Kier molecular flexibility index (Phi) is 2.86. The van der Waals surface area contributed by atoms with Gasteiger partial charge >= 0.3 is 0 Å². The lowest BCUT2D eigenvalue weighted by Gasteiger charge is -2.30. The van der Waals surface area contributed by atoms with Crippen LogP contribution >= 0.6 is 0 Å². The molecule has 0 bridgehead atoms. The number of hydrogen-bond donors (Lipinski definition) is 3. The second-order valence-corrected chi connectivity index (χ2v) is 5.63. The van der Waals surface area contributed by atoms with Gasteiger partial charge in [-0.3, -0.25) is 4.79 Å². The minimum atomic E-state index is -0.740. The van der Waals surface area contributed by atoms with Gasteiger partial charge in [0.05, 0.1) is 17.0 Å². The quantitative estimate of drug-likeness (QED) is 0.702. The van der Waals surface area contributed by atoms with Gasteiger partial charge in [-0.2, -0.15) is 0 Å². The molecule has 1 saturated heterocycles. The molecule has 5 heteroatoms. The zero-order valence-electron chi connectivity index (χ0n) is 11.0. The van der Waals surface area contributed by atoms with Crippen LogP contribution in [0.4, 0.5) is 11.4 Å². The van der Waals surface area contributed by atoms with E-state index in [1.807, 2.05) is 24.3 Å². The lowest BCUT2D eigenvalue weighted by atomic mass is 10.1. The Bertz CT molecular complexity index is 501. The number of anilines is 2. The number of amides is 1. The molecule has 1 fully saturated rings. The molecule has 102 valence electrons. The standard InChI is InChI=1S/C14H19N3O2/c1-14(19)6-7-17(9-14)13(18)12-8-15-10-4-2-3-5-11(10)16-12/h2-5,12,15-16,19H,6-9H2,1H3. The molecule has 3 rings (SSSR count). The number of rotatable bonds is 1. The third-order valence-corrected chi connectivity index (χ3v) is 3.81. The number of carbonyl (C=O) groups is 1. The number of nitrogens with one attached hydrogen (secondary N) is 2. The molecule has 0 radical (unpaired) electrons. The molecule has 2 unspecified atom stereocenters. The number of nitrogens with zero attached hydrogens (tertiary/aromatic N) is 1. The van der Waals surface area contributed by atoms with Crippen LogP contribution in [0.15, 0.2) is 24.3 Å². The van der Waals surface area contributed by atoms with Crippen molar-refractivity contribution in [3.63, 3.8) is 0 Å². The molecule has 0 aliphatic carbocycles. The summed E-state index contributed by atoms with van der Waals surface area (Å²) in [5.41, 5.74) is 1.24. The summed E-state index contributed by atoms with van der Waals surface area (Å²) in [5.74, 6) is 0.0554. The van der Waals surface area contributed by atoms with E-state index in [1.165, 1.54) is 0 Å². The van der Waals surface area contributed by atoms with Crippen LogP contribution in [-0.4, -0.2) is 47.2 Å². The zero-order chi connectivity index (χ0) is 13.5. The summed E-state index contributed by atoms with van der Waals surface area (Å²) in [4.78, 5) is 14.2. The Morgan fingerprint density at radius 3 is 2.84 bits per heavy atom. The highest BCUT2D eigenvalue weighted by Gasteiger charge is 2.37. The van der Waals surface area contributed by atoms with Gasteiger partial charge in [-0.05, 0) is 25.5 Å². The third-order valence-electron chi connectivity index (χ3n) is 3.81. The van der Waals surface area contributed by atoms with E-state index in [0.717, 1.165) is 11.4 Å². The van der Waals surface area contributed by atoms with Crippen LogP contribution in [0.1, 0.15) is 13.3 Å². The fraction of sp³-hybridized carbons (Fsp3) is 0.500. The molecule has 0 spiro atoms. The fourth-order valence-electron chi connectivity index (χ4n) is 2.72. The Morgan fingerprint density at radius 1 is 1.42 bits per heavy atom. The number of benzene rings is 1. The van der Waals surface area contributed by atoms with Crippen molar-refractivity contribution < 1.29 is 9.90 Å². The second kappa shape index (κ2) is 4.42. The maximum absolute atomic E-state index is 12.4. The van der Waals surface area contributed by atoms with Crippen LogP contribution in [0.3, 0.4) is 0 Å². The molecule has 1 aromatic carbocycles. The van der Waals surface area contributed by atoms with Crippen LogP contribution in [0.2, 0.25) is 0 Å². The highest BCUT2D eigenvalue weighted by molar-refractivity contribution is 5.89. The van der Waals surface area contributed by atoms with Gasteiger partial charge in [-0.1, -0.05) is 12.1 Å². The van der Waals surface area contributed by atoms with Crippen LogP contribution in [0.25, 0.3) is 0 Å². The summed E-state index contributed by atoms with van der Waals surface area (Å²) in [5, 5.41) is 16.5. The number of β-amino-alcohol motifs (C(OH)–C–C–N with tert-alkyl or cyclic N) is 1. The van der Waals surface area contributed by atoms with Crippen LogP contribution in [0.5, 0.6) is 0 Å². The van der Waals surface area contributed by atoms with Crippen molar-refractivity contribution in [2.45, 2.75) is 25.0 Å². The largest absolute Gasteiger partial charge is 0.388 e. The number of hydrogen-bond acceptors (Lipinski definition) is 4. The Balaban J connectivity index is 1.70. The molecule has 3 N–H and O–H groups in total. The molecule has 2 aliphatic rings. The SMILES string of the molecule is CC1(O)CCN(C(=O)C2CNc3ccccc3N2)C1. The summed E-state index contributed by atoms with van der Waals surface area (Å²) in [6, 6.07) is 7.60. The van der Waals surface area contributed by atoms with Crippen molar-refractivity contribution in [1.29, 1.82) is 0 Å². The van der Waals surface area contributed by atoms with Crippen LogP contribution in [-0.2, 0) is 4.79 Å². The molecule has 0 saturated carbocycles. The predicted octanol–water partition coefficient (Wildman–Crippen LogP) is 0.876. The molecular formula is C14H19N3O2. The molecular weight excluding hydrogens is 242 g/mol. The molecule has 19 heavy (non-hydrogen) atoms. The van der Waals surface area contributed by atoms with Crippen molar-refractivity contribution in [3.8, 4) is 0 Å². The maximum atomic E-state index is 12.4. The zero-order valence-corrected chi connectivity index (χ0v) is 11.0. The second-order valence-electron chi connectivity index (χ2n) is 5.63. The average molecular weight is 261 g/mol. The van der Waals surface area contributed by atoms with E-state index >= 15 is 0 Å². The van der Waals surface area contributed by atoms with Crippen LogP contribution < -0.4 is 10.6 Å². The molecule has 0 aromatic heterocycles. The summed E-state index contributed by atoms with van der Waals surface area (Å²) < 4.78 is 0. The van der Waals surface area contributed by atoms with Gasteiger partial charge in [0.1, 0.15) is 6.04 Å². The summed E-state index contributed by atoms with van der Waals surface area (Å²) >= 11 is 0. The van der Waals surface area contributed by atoms with E-state index in [4.69, 9.17) is 0 Å². The van der Waals surface area contributed by atoms with Crippen molar-refractivity contribution in [2.24, 2.45) is 0 Å². The molecule has 1 amide bonds. The first-order valence-corrected chi connectivity index (χ1v) is 6.66. The Labute approximate surface area is 112 Å². The summed E-state index contributed by atoms with van der Waals surface area (Å²) in [6.45, 7) is 3.41. The van der Waals surface area contributed by atoms with Crippen molar-refractivity contribution >= 4 is 17.3 Å². The Morgan fingerprint density at radius 2 is 2.16 bits per heavy atom. The molecule has 2 heterocycles. The predicted molar refractivity (Wildman–Crippen MR) is 74.2 cm³/mol. The minimum Gasteiger partial charge on any atom is -0.388 e. The van der Waals surface area contributed by atoms with Gasteiger partial charge in [0.15, 0.2) is 0 Å². The van der Waals surface area contributed by atoms with Gasteiger partial charge < -0.3 is 20.6 Å². The van der Waals surface area contributed by atoms with Gasteiger partial charge in [0.2, 0.25) is 5.91 Å². The lowest BCUT2D eigenvalue weighted by Crippen LogP contribution is -2.48. The minimum absolute atomic E-state index is 0.0554. The van der Waals surface area contributed by atoms with Gasteiger partial charge in [0.25, 0.3) is 0 Å². The summed E-state index contributed by atoms with van der Waals surface area (Å²) in [6.07, 6.45) is 0.648. The van der Waals surface area contributed by atoms with Crippen LogP contribution in [0, 0.1) is 0 Å². The number of aliphatic hydroxyl groups is 1. The summed E-state index contributed by atoms with van der Waals surface area (Å²) in [7, 11) is 0. The van der Waals surface area contributed by atoms with Gasteiger partial charge in [0, 0.05) is 19.6 Å². The normalized spacial score (nSPS) is 29.4. The van der Waals surface area contributed by atoms with E-state index in [2.05, 4.69) is 10.6 Å². The third kappa shape index (κ3) is 2.38. The van der Waals surface area contributed by atoms with E-state index in [-0.39, 0.29) is 11.9 Å². The monoisotopic (exact) mass is 261 g/mol. The van der Waals surface area contributed by atoms with E-state index in [0.29, 0.717) is 26.1 Å². The number of fused-ring (bicyclic) bond motifs is 1. The molecule has 5 nitrogen and oxygen atoms in total. The first-order chi connectivity index (χ1) is 9.05. The van der Waals surface area contributed by atoms with Gasteiger partial charge in [-0.25, -0.2) is 0 Å². The van der Waals surface area contributed by atoms with Crippen molar-refractivity contribution in [2.75, 3.05) is 30.3 Å². The smallest absolute Gasteiger partial charge is 0.247 e. The Hall–Kier alpha value is -1.75. The van der Waals surface area contributed by atoms with E-state index in [9.17, 15) is 9.90 Å². The number of para-hydroxylation sites is 2. The van der Waals surface area contributed by atoms with Crippen molar-refractivity contribution in [1.82, 2.24) is 4.90 Å². The molecule has 2 aliphatic heterocycles. The first kappa shape index (κ1) is 12.3. The fourth-order valence-corrected chi connectivity index (χ4v) is 2.72. The number of carbonyl (C=O) groups excluding carboxylic acids is 1. The highest BCUT2D eigenvalue weighted by Crippen LogP contribution is 2.27. The molecule has 2 atom stereocenters. The highest BCUT2D eigenvalue weighted by atomic mass is 16.3. The lowest BCUT2D eigenvalue weighted by molar-refractivity contribution is -0.131. The topological polar surface area (TPSA) is 64.6 Å². The average Bonchev–Trinajstić information content (AvgIpc) is 2.78. The maximum Gasteiger partial charge on any atom is 0.247 e. The van der Waals surface area contributed by atoms with Crippen molar-refractivity contribution in [3.05, 3.63) is 24.3 Å². The number of likely N-dealkylation sites (tertiary alicyclic amines) is 1. The van der Waals surface area contributed by atoms with E-state index in [1.54, 1.807) is 11.8 Å². The van der Waals surface area contributed by atoms with E-state index < -0.39 is 5.60 Å². The molecule has 1 aromatic rings. The van der Waals surface area contributed by atoms with Gasteiger partial charge in [-0.15, -0.1) is 0 Å².